The van der Waals surface area contributed by atoms with E-state index in [-0.39, 0.29) is 12.9 Å². The molecule has 7 heteroatoms. The Bertz CT molecular complexity index is 105. The molecule has 0 saturated heterocycles. The molecule has 0 unspecified atom stereocenters. The zero-order valence-electron chi connectivity index (χ0n) is 5.64. The molecule has 0 aromatic heterocycles. The van der Waals surface area contributed by atoms with Crippen molar-refractivity contribution in [2.45, 2.75) is 12.5 Å². The highest BCUT2D eigenvalue weighted by Gasteiger charge is 2.27. The standard InChI is InChI=1S/C4H8BF3O3/c6-4(7,8)3-11-2-1-5(9)10/h9-10H,1-3H2. The van der Waals surface area contributed by atoms with E-state index in [0.717, 1.165) is 0 Å². The molecule has 0 spiro atoms. The SMILES string of the molecule is OB(O)CCOCC(F)(F)F. The molecular formula is C4H8BF3O3. The molecule has 0 saturated carbocycles. The third-order valence-corrected chi connectivity index (χ3v) is 0.786. The molecule has 2 N–H and O–H groups in total. The summed E-state index contributed by atoms with van der Waals surface area (Å²) in [5.41, 5.74) is 0. The van der Waals surface area contributed by atoms with Crippen molar-refractivity contribution in [1.82, 2.24) is 0 Å². The molecule has 0 aliphatic rings. The van der Waals surface area contributed by atoms with Crippen molar-refractivity contribution < 1.29 is 28.0 Å². The van der Waals surface area contributed by atoms with E-state index in [4.69, 9.17) is 10.0 Å². The molecule has 0 aromatic carbocycles. The summed E-state index contributed by atoms with van der Waals surface area (Å²) in [6, 6.07) is 0. The topological polar surface area (TPSA) is 49.7 Å². The fourth-order valence-corrected chi connectivity index (χ4v) is 0.377. The van der Waals surface area contributed by atoms with Crippen molar-refractivity contribution in [3.8, 4) is 0 Å². The Morgan fingerprint density at radius 1 is 1.27 bits per heavy atom. The Balaban J connectivity index is 3.15. The number of rotatable bonds is 4. The van der Waals surface area contributed by atoms with Gasteiger partial charge in [-0.15, -0.1) is 0 Å². The first-order chi connectivity index (χ1) is 4.92. The molecule has 0 fully saturated rings. The summed E-state index contributed by atoms with van der Waals surface area (Å²) >= 11 is 0. The second-order valence-corrected chi connectivity index (χ2v) is 1.94. The maximum Gasteiger partial charge on any atom is 0.453 e. The first-order valence-corrected chi connectivity index (χ1v) is 2.92. The van der Waals surface area contributed by atoms with E-state index in [1.54, 1.807) is 0 Å². The van der Waals surface area contributed by atoms with Crippen LogP contribution in [-0.2, 0) is 4.74 Å². The summed E-state index contributed by atoms with van der Waals surface area (Å²) in [4.78, 5) is 0. The largest absolute Gasteiger partial charge is 0.453 e. The molecule has 66 valence electrons. The van der Waals surface area contributed by atoms with Gasteiger partial charge in [0.15, 0.2) is 0 Å². The van der Waals surface area contributed by atoms with Crippen LogP contribution in [-0.4, -0.2) is 36.6 Å². The summed E-state index contributed by atoms with van der Waals surface area (Å²) in [6.45, 7) is -1.66. The molecular weight excluding hydrogens is 164 g/mol. The number of hydrogen-bond acceptors (Lipinski definition) is 3. The molecule has 0 radical (unpaired) electrons. The smallest absolute Gasteiger partial charge is 0.427 e. The third kappa shape index (κ3) is 9.73. The normalized spacial score (nSPS) is 11.7. The molecule has 0 aliphatic carbocycles. The third-order valence-electron chi connectivity index (χ3n) is 0.786. The van der Waals surface area contributed by atoms with Gasteiger partial charge in [-0.3, -0.25) is 0 Å². The predicted molar refractivity (Wildman–Crippen MR) is 31.9 cm³/mol. The van der Waals surface area contributed by atoms with Crippen LogP contribution in [0.5, 0.6) is 0 Å². The fraction of sp³-hybridized carbons (Fsp3) is 1.00. The zero-order valence-corrected chi connectivity index (χ0v) is 5.64. The lowest BCUT2D eigenvalue weighted by atomic mass is 9.87. The van der Waals surface area contributed by atoms with Crippen molar-refractivity contribution >= 4 is 7.12 Å². The molecule has 0 bridgehead atoms. The van der Waals surface area contributed by atoms with Crippen LogP contribution in [0, 0.1) is 0 Å². The molecule has 3 nitrogen and oxygen atoms in total. The van der Waals surface area contributed by atoms with Crippen molar-refractivity contribution in [2.24, 2.45) is 0 Å². The van der Waals surface area contributed by atoms with Gasteiger partial charge in [-0.05, 0) is 0 Å². The molecule has 0 aromatic rings. The number of halogens is 3. The Morgan fingerprint density at radius 2 is 1.82 bits per heavy atom. The lowest BCUT2D eigenvalue weighted by Crippen LogP contribution is -2.20. The second-order valence-electron chi connectivity index (χ2n) is 1.94. The van der Waals surface area contributed by atoms with Crippen molar-refractivity contribution in [3.63, 3.8) is 0 Å². The minimum Gasteiger partial charge on any atom is -0.427 e. The maximum atomic E-state index is 11.3. The first kappa shape index (κ1) is 10.7. The Hall–Kier alpha value is -0.265. The summed E-state index contributed by atoms with van der Waals surface area (Å²) in [5.74, 6) is 0. The van der Waals surface area contributed by atoms with Crippen molar-refractivity contribution in [3.05, 3.63) is 0 Å². The van der Waals surface area contributed by atoms with Crippen LogP contribution in [0.2, 0.25) is 6.32 Å². The quantitative estimate of drug-likeness (QED) is 0.464. The van der Waals surface area contributed by atoms with Crippen LogP contribution < -0.4 is 0 Å². The van der Waals surface area contributed by atoms with Gasteiger partial charge in [0.25, 0.3) is 0 Å². The second kappa shape index (κ2) is 4.58. The van der Waals surface area contributed by atoms with E-state index < -0.39 is 19.9 Å². The first-order valence-electron chi connectivity index (χ1n) is 2.92. The molecule has 0 rings (SSSR count). The van der Waals surface area contributed by atoms with Crippen LogP contribution in [0.25, 0.3) is 0 Å². The fourth-order valence-electron chi connectivity index (χ4n) is 0.377. The Morgan fingerprint density at radius 3 is 2.18 bits per heavy atom. The lowest BCUT2D eigenvalue weighted by molar-refractivity contribution is -0.172. The maximum absolute atomic E-state index is 11.3. The average Bonchev–Trinajstić information content (AvgIpc) is 1.78. The summed E-state index contributed by atoms with van der Waals surface area (Å²) in [7, 11) is -1.61. The van der Waals surface area contributed by atoms with E-state index >= 15 is 0 Å². The summed E-state index contributed by atoms with van der Waals surface area (Å²) < 4.78 is 38.1. The predicted octanol–water partition coefficient (Wildman–Crippen LogP) is 0.0381. The van der Waals surface area contributed by atoms with Crippen molar-refractivity contribution in [2.75, 3.05) is 13.2 Å². The Labute approximate surface area is 61.9 Å². The van der Waals surface area contributed by atoms with Gasteiger partial charge in [0.2, 0.25) is 0 Å². The highest BCUT2D eigenvalue weighted by Crippen LogP contribution is 2.14. The number of ether oxygens (including phenoxy) is 1. The van der Waals surface area contributed by atoms with Gasteiger partial charge in [-0.1, -0.05) is 0 Å². The summed E-state index contributed by atoms with van der Waals surface area (Å²) in [5, 5.41) is 16.4. The van der Waals surface area contributed by atoms with E-state index in [1.165, 1.54) is 0 Å². The summed E-state index contributed by atoms with van der Waals surface area (Å²) in [6.07, 6.45) is -4.56. The van der Waals surface area contributed by atoms with Gasteiger partial charge in [-0.25, -0.2) is 0 Å². The molecule has 11 heavy (non-hydrogen) atoms. The molecule has 0 amide bonds. The zero-order chi connectivity index (χ0) is 8.91. The lowest BCUT2D eigenvalue weighted by Gasteiger charge is -2.06. The van der Waals surface area contributed by atoms with E-state index in [9.17, 15) is 13.2 Å². The van der Waals surface area contributed by atoms with E-state index in [0.29, 0.717) is 0 Å². The van der Waals surface area contributed by atoms with Crippen LogP contribution in [0.4, 0.5) is 13.2 Å². The van der Waals surface area contributed by atoms with Gasteiger partial charge in [-0.2, -0.15) is 13.2 Å². The van der Waals surface area contributed by atoms with Gasteiger partial charge in [0, 0.05) is 12.9 Å². The minimum atomic E-state index is -4.35. The van der Waals surface area contributed by atoms with Crippen molar-refractivity contribution in [1.29, 1.82) is 0 Å². The average molecular weight is 172 g/mol. The van der Waals surface area contributed by atoms with E-state index in [1.807, 2.05) is 0 Å². The van der Waals surface area contributed by atoms with Crippen LogP contribution in [0.3, 0.4) is 0 Å². The van der Waals surface area contributed by atoms with Gasteiger partial charge < -0.3 is 14.8 Å². The Kier molecular flexibility index (Phi) is 4.47. The highest BCUT2D eigenvalue weighted by molar-refractivity contribution is 6.41. The molecule has 0 heterocycles. The molecule has 0 aliphatic heterocycles. The van der Waals surface area contributed by atoms with Gasteiger partial charge in [0.1, 0.15) is 6.61 Å². The van der Waals surface area contributed by atoms with Gasteiger partial charge >= 0.3 is 13.3 Å². The van der Waals surface area contributed by atoms with Crippen LogP contribution >= 0.6 is 0 Å². The van der Waals surface area contributed by atoms with E-state index in [2.05, 4.69) is 4.74 Å². The van der Waals surface area contributed by atoms with Crippen LogP contribution in [0.15, 0.2) is 0 Å². The molecule has 0 atom stereocenters. The monoisotopic (exact) mass is 172 g/mol. The minimum absolute atomic E-state index is 0.212. The van der Waals surface area contributed by atoms with Crippen LogP contribution in [0.1, 0.15) is 0 Å². The highest BCUT2D eigenvalue weighted by atomic mass is 19.4. The number of hydrogen-bond donors (Lipinski definition) is 2. The number of alkyl halides is 3. The van der Waals surface area contributed by atoms with Gasteiger partial charge in [0.05, 0.1) is 0 Å².